The number of amides is 1. The van der Waals surface area contributed by atoms with Crippen molar-refractivity contribution in [2.24, 2.45) is 0 Å². The van der Waals surface area contributed by atoms with E-state index in [0.717, 1.165) is 44.4 Å². The lowest BCUT2D eigenvalue weighted by atomic mass is 10.3. The molecule has 0 aromatic carbocycles. The lowest BCUT2D eigenvalue weighted by Gasteiger charge is -2.26. The van der Waals surface area contributed by atoms with Gasteiger partial charge in [0.2, 0.25) is 0 Å². The van der Waals surface area contributed by atoms with Crippen LogP contribution in [0, 0.1) is 0 Å². The summed E-state index contributed by atoms with van der Waals surface area (Å²) in [6, 6.07) is 1.59. The van der Waals surface area contributed by atoms with Crippen molar-refractivity contribution in [1.82, 2.24) is 14.6 Å². The molecule has 2 rings (SSSR count). The monoisotopic (exact) mass is 256 g/mol. The fourth-order valence-corrected chi connectivity index (χ4v) is 2.14. The molecular formula is C10H16N4O2S. The number of hydrogen-bond acceptors (Lipinski definition) is 6. The lowest BCUT2D eigenvalue weighted by molar-refractivity contribution is 0.0383. The van der Waals surface area contributed by atoms with Gasteiger partial charge in [-0.2, -0.15) is 4.37 Å². The summed E-state index contributed by atoms with van der Waals surface area (Å²) >= 11 is 1.13. The zero-order valence-electron chi connectivity index (χ0n) is 9.52. The molecule has 1 aliphatic rings. The second-order valence-corrected chi connectivity index (χ2v) is 4.66. The fraction of sp³-hybridized carbons (Fsp3) is 0.600. The van der Waals surface area contributed by atoms with E-state index in [4.69, 9.17) is 10.5 Å². The molecule has 6 nitrogen and oxygen atoms in total. The Morgan fingerprint density at radius 1 is 1.59 bits per heavy atom. The van der Waals surface area contributed by atoms with Crippen LogP contribution in [0.25, 0.3) is 0 Å². The number of hydrogen-bond donors (Lipinski definition) is 2. The molecule has 0 saturated carbocycles. The molecule has 0 spiro atoms. The van der Waals surface area contributed by atoms with Gasteiger partial charge in [-0.1, -0.05) is 0 Å². The Morgan fingerprint density at radius 2 is 2.35 bits per heavy atom. The average Bonchev–Trinajstić information content (AvgIpc) is 2.77. The number of aromatic nitrogens is 1. The molecule has 0 bridgehead atoms. The number of nitrogens with one attached hydrogen (secondary N) is 1. The molecule has 0 aliphatic carbocycles. The van der Waals surface area contributed by atoms with Gasteiger partial charge in [0.15, 0.2) is 0 Å². The number of ether oxygens (including phenoxy) is 1. The summed E-state index contributed by atoms with van der Waals surface area (Å²) in [6.45, 7) is 4.87. The van der Waals surface area contributed by atoms with E-state index in [1.165, 1.54) is 0 Å². The maximum atomic E-state index is 11.6. The van der Waals surface area contributed by atoms with Gasteiger partial charge in [0.1, 0.15) is 10.7 Å². The van der Waals surface area contributed by atoms with Crippen LogP contribution < -0.4 is 11.1 Å². The Kier molecular flexibility index (Phi) is 4.29. The Hall–Kier alpha value is -1.18. The zero-order chi connectivity index (χ0) is 12.1. The number of carbonyl (C=O) groups excluding carboxylic acids is 1. The van der Waals surface area contributed by atoms with Gasteiger partial charge in [0, 0.05) is 32.2 Å². The molecule has 1 aromatic heterocycles. The molecule has 0 atom stereocenters. The van der Waals surface area contributed by atoms with E-state index in [1.807, 2.05) is 0 Å². The Morgan fingerprint density at radius 3 is 3.00 bits per heavy atom. The maximum absolute atomic E-state index is 11.6. The van der Waals surface area contributed by atoms with Gasteiger partial charge >= 0.3 is 0 Å². The van der Waals surface area contributed by atoms with Crippen molar-refractivity contribution in [2.45, 2.75) is 0 Å². The molecule has 1 aromatic rings. The van der Waals surface area contributed by atoms with Crippen molar-refractivity contribution in [3.63, 3.8) is 0 Å². The molecule has 0 radical (unpaired) electrons. The average molecular weight is 256 g/mol. The third kappa shape index (κ3) is 3.65. The molecule has 0 unspecified atom stereocenters. The zero-order valence-corrected chi connectivity index (χ0v) is 10.3. The summed E-state index contributed by atoms with van der Waals surface area (Å²) < 4.78 is 9.20. The minimum Gasteiger partial charge on any atom is -0.389 e. The van der Waals surface area contributed by atoms with Gasteiger partial charge in [0.25, 0.3) is 5.91 Å². The van der Waals surface area contributed by atoms with Crippen LogP contribution in [0.2, 0.25) is 0 Å². The number of nitrogens with zero attached hydrogens (tertiary/aromatic N) is 2. The van der Waals surface area contributed by atoms with Crippen molar-refractivity contribution < 1.29 is 9.53 Å². The van der Waals surface area contributed by atoms with Crippen LogP contribution in [-0.4, -0.2) is 54.6 Å². The van der Waals surface area contributed by atoms with E-state index >= 15 is 0 Å². The smallest absolute Gasteiger partial charge is 0.271 e. The van der Waals surface area contributed by atoms with Gasteiger partial charge in [-0.15, -0.1) is 0 Å². The number of nitrogen functional groups attached to an aromatic ring is 1. The van der Waals surface area contributed by atoms with Crippen molar-refractivity contribution in [1.29, 1.82) is 0 Å². The van der Waals surface area contributed by atoms with E-state index < -0.39 is 0 Å². The minimum absolute atomic E-state index is 0.161. The first kappa shape index (κ1) is 12.3. The van der Waals surface area contributed by atoms with Crippen LogP contribution in [0.5, 0.6) is 0 Å². The standard InChI is InChI=1S/C10H16N4O2S/c11-9-7-8(13-17-9)10(15)12-1-2-14-3-5-16-6-4-14/h7H,1-6,11H2,(H,12,15). The van der Waals surface area contributed by atoms with E-state index in [1.54, 1.807) is 6.07 Å². The van der Waals surface area contributed by atoms with Crippen molar-refractivity contribution in [3.05, 3.63) is 11.8 Å². The number of nitrogens with two attached hydrogens (primary N) is 1. The largest absolute Gasteiger partial charge is 0.389 e. The summed E-state index contributed by atoms with van der Waals surface area (Å²) in [6.07, 6.45) is 0. The van der Waals surface area contributed by atoms with Gasteiger partial charge in [-0.25, -0.2) is 0 Å². The summed E-state index contributed by atoms with van der Waals surface area (Å²) in [7, 11) is 0. The van der Waals surface area contributed by atoms with E-state index in [-0.39, 0.29) is 5.91 Å². The highest BCUT2D eigenvalue weighted by Crippen LogP contribution is 2.10. The third-order valence-electron chi connectivity index (χ3n) is 2.58. The van der Waals surface area contributed by atoms with E-state index in [9.17, 15) is 4.79 Å². The Bertz CT molecular complexity index is 376. The van der Waals surface area contributed by atoms with Gasteiger partial charge in [-0.3, -0.25) is 9.69 Å². The summed E-state index contributed by atoms with van der Waals surface area (Å²) in [5.41, 5.74) is 5.91. The molecule has 1 saturated heterocycles. The quantitative estimate of drug-likeness (QED) is 0.779. The van der Waals surface area contributed by atoms with E-state index in [0.29, 0.717) is 17.2 Å². The van der Waals surface area contributed by atoms with Crippen LogP contribution in [0.4, 0.5) is 5.00 Å². The molecule has 94 valence electrons. The van der Waals surface area contributed by atoms with Crippen molar-refractivity contribution in [3.8, 4) is 0 Å². The fourth-order valence-electron chi connectivity index (χ4n) is 1.64. The molecule has 1 fully saturated rings. The predicted octanol–water partition coefficient (Wildman–Crippen LogP) is -0.213. The topological polar surface area (TPSA) is 80.5 Å². The first-order valence-corrected chi connectivity index (χ1v) is 6.33. The van der Waals surface area contributed by atoms with Crippen molar-refractivity contribution >= 4 is 22.4 Å². The highest BCUT2D eigenvalue weighted by molar-refractivity contribution is 7.10. The third-order valence-corrected chi connectivity index (χ3v) is 3.19. The summed E-state index contributed by atoms with van der Waals surface area (Å²) in [5.74, 6) is -0.161. The molecular weight excluding hydrogens is 240 g/mol. The highest BCUT2D eigenvalue weighted by atomic mass is 32.1. The molecule has 3 N–H and O–H groups in total. The van der Waals surface area contributed by atoms with Gasteiger partial charge in [-0.05, 0) is 11.5 Å². The van der Waals surface area contributed by atoms with E-state index in [2.05, 4.69) is 14.6 Å². The SMILES string of the molecule is Nc1cc(C(=O)NCCN2CCOCC2)ns1. The molecule has 1 amide bonds. The lowest BCUT2D eigenvalue weighted by Crippen LogP contribution is -2.41. The normalized spacial score (nSPS) is 16.9. The maximum Gasteiger partial charge on any atom is 0.271 e. The summed E-state index contributed by atoms with van der Waals surface area (Å²) in [4.78, 5) is 13.9. The number of morpholine rings is 1. The Balaban J connectivity index is 1.69. The van der Waals surface area contributed by atoms with Crippen LogP contribution >= 0.6 is 11.5 Å². The first-order chi connectivity index (χ1) is 8.25. The molecule has 1 aliphatic heterocycles. The minimum atomic E-state index is -0.161. The first-order valence-electron chi connectivity index (χ1n) is 5.56. The highest BCUT2D eigenvalue weighted by Gasteiger charge is 2.12. The summed E-state index contributed by atoms with van der Waals surface area (Å²) in [5, 5.41) is 3.39. The second kappa shape index (κ2) is 5.95. The number of anilines is 1. The molecule has 17 heavy (non-hydrogen) atoms. The van der Waals surface area contributed by atoms with Gasteiger partial charge < -0.3 is 15.8 Å². The second-order valence-electron chi connectivity index (χ2n) is 3.82. The van der Waals surface area contributed by atoms with Crippen LogP contribution in [0.3, 0.4) is 0 Å². The van der Waals surface area contributed by atoms with Crippen LogP contribution in [0.15, 0.2) is 6.07 Å². The van der Waals surface area contributed by atoms with Crippen molar-refractivity contribution in [2.75, 3.05) is 45.1 Å². The predicted molar refractivity (Wildman–Crippen MR) is 66.1 cm³/mol. The molecule has 2 heterocycles. The number of rotatable bonds is 4. The van der Waals surface area contributed by atoms with Crippen LogP contribution in [0.1, 0.15) is 10.5 Å². The Labute approximate surface area is 104 Å². The molecule has 7 heteroatoms. The number of carbonyl (C=O) groups is 1. The van der Waals surface area contributed by atoms with Crippen LogP contribution in [-0.2, 0) is 4.74 Å². The van der Waals surface area contributed by atoms with Gasteiger partial charge in [0.05, 0.1) is 13.2 Å².